The van der Waals surface area contributed by atoms with Gasteiger partial charge in [-0.2, -0.15) is 0 Å². The number of rotatable bonds is 8. The van der Waals surface area contributed by atoms with Gasteiger partial charge in [-0.25, -0.2) is 0 Å². The van der Waals surface area contributed by atoms with Crippen molar-refractivity contribution in [1.82, 2.24) is 0 Å². The fraction of sp³-hybridized carbons (Fsp3) is 0.429. The van der Waals surface area contributed by atoms with Crippen LogP contribution in [0, 0.1) is 0 Å². The number of hydrogen-bond acceptors (Lipinski definition) is 3. The largest absolute Gasteiger partial charge is 0.378 e. The second-order valence-electron chi connectivity index (χ2n) is 6.43. The van der Waals surface area contributed by atoms with E-state index in [2.05, 4.69) is 57.2 Å². The Balaban J connectivity index is 1.26. The quantitative estimate of drug-likeness (QED) is 0.576. The molecule has 0 amide bonds. The van der Waals surface area contributed by atoms with Gasteiger partial charge in [0.15, 0.2) is 0 Å². The number of hydrogen-bond donors (Lipinski definition) is 0. The molecule has 1 aliphatic rings. The molecule has 1 saturated heterocycles. The molecule has 25 heavy (non-hydrogen) atoms. The molecule has 134 valence electrons. The minimum absolute atomic E-state index is 0.390. The van der Waals surface area contributed by atoms with E-state index in [1.807, 2.05) is 18.2 Å². The summed E-state index contributed by atoms with van der Waals surface area (Å²) in [7, 11) is 0. The van der Waals surface area contributed by atoms with E-state index in [1.165, 1.54) is 11.3 Å². The molecule has 1 aliphatic heterocycles. The van der Waals surface area contributed by atoms with Crippen LogP contribution in [0.4, 0.5) is 5.69 Å². The molecule has 0 aromatic heterocycles. The molecule has 3 rings (SSSR count). The summed E-state index contributed by atoms with van der Waals surface area (Å²) >= 11 is 3.49. The molecular formula is C21H26BrNO2. The molecule has 2 aromatic rings. The minimum Gasteiger partial charge on any atom is -0.378 e. The van der Waals surface area contributed by atoms with E-state index < -0.39 is 0 Å². The van der Waals surface area contributed by atoms with Crippen molar-refractivity contribution >= 4 is 21.6 Å². The first-order valence-corrected chi connectivity index (χ1v) is 9.84. The van der Waals surface area contributed by atoms with Crippen LogP contribution in [0.1, 0.15) is 24.8 Å². The predicted molar refractivity (Wildman–Crippen MR) is 106 cm³/mol. The number of benzene rings is 2. The Hall–Kier alpha value is -1.36. The number of halogens is 1. The van der Waals surface area contributed by atoms with E-state index in [9.17, 15) is 0 Å². The van der Waals surface area contributed by atoms with E-state index >= 15 is 0 Å². The van der Waals surface area contributed by atoms with E-state index in [1.54, 1.807) is 0 Å². The highest BCUT2D eigenvalue weighted by Crippen LogP contribution is 2.23. The zero-order chi connectivity index (χ0) is 17.3. The Morgan fingerprint density at radius 2 is 1.64 bits per heavy atom. The van der Waals surface area contributed by atoms with Crippen LogP contribution in [0.5, 0.6) is 0 Å². The van der Waals surface area contributed by atoms with Gasteiger partial charge in [0.1, 0.15) is 0 Å². The monoisotopic (exact) mass is 403 g/mol. The Morgan fingerprint density at radius 1 is 0.920 bits per heavy atom. The maximum atomic E-state index is 6.02. The lowest BCUT2D eigenvalue weighted by molar-refractivity contribution is 0.0188. The molecule has 3 nitrogen and oxygen atoms in total. The molecule has 0 saturated carbocycles. The summed E-state index contributed by atoms with van der Waals surface area (Å²) in [5.41, 5.74) is 2.53. The third-order valence-electron chi connectivity index (χ3n) is 4.53. The molecule has 0 unspecified atom stereocenters. The molecule has 1 heterocycles. The van der Waals surface area contributed by atoms with Gasteiger partial charge >= 0.3 is 0 Å². The van der Waals surface area contributed by atoms with Crippen LogP contribution in [-0.4, -0.2) is 32.4 Å². The van der Waals surface area contributed by atoms with Crippen LogP contribution in [0.25, 0.3) is 0 Å². The molecule has 2 aromatic carbocycles. The molecule has 0 spiro atoms. The zero-order valence-electron chi connectivity index (χ0n) is 14.6. The Kier molecular flexibility index (Phi) is 7.34. The summed E-state index contributed by atoms with van der Waals surface area (Å²) in [5.74, 6) is 0. The molecule has 0 aliphatic carbocycles. The lowest BCUT2D eigenvalue weighted by Gasteiger charge is -2.33. The van der Waals surface area contributed by atoms with Crippen LogP contribution < -0.4 is 4.90 Å². The smallest absolute Gasteiger partial charge is 0.0716 e. The zero-order valence-corrected chi connectivity index (χ0v) is 16.2. The predicted octanol–water partition coefficient (Wildman–Crippen LogP) is 5.04. The second-order valence-corrected chi connectivity index (χ2v) is 7.34. The molecule has 0 atom stereocenters. The van der Waals surface area contributed by atoms with Crippen molar-refractivity contribution in [2.75, 3.05) is 31.2 Å². The van der Waals surface area contributed by atoms with Crippen molar-refractivity contribution < 1.29 is 9.47 Å². The summed E-state index contributed by atoms with van der Waals surface area (Å²) < 4.78 is 12.9. The van der Waals surface area contributed by atoms with E-state index in [0.717, 1.165) is 50.0 Å². The van der Waals surface area contributed by atoms with Crippen LogP contribution in [0.15, 0.2) is 59.1 Å². The highest BCUT2D eigenvalue weighted by Gasteiger charge is 2.19. The van der Waals surface area contributed by atoms with Gasteiger partial charge in [-0.3, -0.25) is 0 Å². The van der Waals surface area contributed by atoms with Crippen LogP contribution in [0.2, 0.25) is 0 Å². The van der Waals surface area contributed by atoms with Crippen molar-refractivity contribution in [3.63, 3.8) is 0 Å². The first-order valence-electron chi connectivity index (χ1n) is 9.05. The van der Waals surface area contributed by atoms with Gasteiger partial charge in [-0.15, -0.1) is 0 Å². The molecule has 0 radical (unpaired) electrons. The van der Waals surface area contributed by atoms with Crippen LogP contribution in [-0.2, 0) is 16.1 Å². The maximum Gasteiger partial charge on any atom is 0.0716 e. The number of ether oxygens (including phenoxy) is 2. The fourth-order valence-corrected chi connectivity index (χ4v) is 3.37. The molecule has 0 bridgehead atoms. The van der Waals surface area contributed by atoms with Gasteiger partial charge in [0.05, 0.1) is 12.7 Å². The van der Waals surface area contributed by atoms with Gasteiger partial charge in [0.2, 0.25) is 0 Å². The third-order valence-corrected chi connectivity index (χ3v) is 5.06. The summed E-state index contributed by atoms with van der Waals surface area (Å²) in [6, 6.07) is 18.9. The van der Waals surface area contributed by atoms with Crippen molar-refractivity contribution in [2.45, 2.75) is 32.0 Å². The Morgan fingerprint density at radius 3 is 2.36 bits per heavy atom. The summed E-state index contributed by atoms with van der Waals surface area (Å²) in [6.07, 6.45) is 3.54. The summed E-state index contributed by atoms with van der Waals surface area (Å²) in [5, 5.41) is 0. The van der Waals surface area contributed by atoms with Crippen molar-refractivity contribution in [3.8, 4) is 0 Å². The first-order chi connectivity index (χ1) is 12.3. The first kappa shape index (κ1) is 18.4. The minimum atomic E-state index is 0.390. The van der Waals surface area contributed by atoms with Crippen molar-refractivity contribution in [1.29, 1.82) is 0 Å². The topological polar surface area (TPSA) is 21.7 Å². The number of anilines is 1. The van der Waals surface area contributed by atoms with Gasteiger partial charge in [0.25, 0.3) is 0 Å². The molecule has 0 N–H and O–H groups in total. The Bertz CT molecular complexity index is 610. The SMILES string of the molecule is Brc1ccc(N2CCC(OCCCOCc3ccccc3)CC2)cc1. The molecule has 4 heteroatoms. The van der Waals surface area contributed by atoms with Crippen LogP contribution in [0.3, 0.4) is 0 Å². The normalized spacial score (nSPS) is 15.5. The summed E-state index contributed by atoms with van der Waals surface area (Å²) in [6.45, 7) is 4.37. The maximum absolute atomic E-state index is 6.02. The molecule has 1 fully saturated rings. The standard InChI is InChI=1S/C21H26BrNO2/c22-19-7-9-20(10-8-19)23-13-11-21(12-14-23)25-16-4-15-24-17-18-5-2-1-3-6-18/h1-3,5-10,21H,4,11-17H2. The van der Waals surface area contributed by atoms with Crippen molar-refractivity contribution in [3.05, 3.63) is 64.6 Å². The van der Waals surface area contributed by atoms with Gasteiger partial charge in [-0.05, 0) is 49.1 Å². The van der Waals surface area contributed by atoms with E-state index in [4.69, 9.17) is 9.47 Å². The molecular weight excluding hydrogens is 378 g/mol. The van der Waals surface area contributed by atoms with E-state index in [0.29, 0.717) is 12.7 Å². The van der Waals surface area contributed by atoms with Gasteiger partial charge < -0.3 is 14.4 Å². The van der Waals surface area contributed by atoms with E-state index in [-0.39, 0.29) is 0 Å². The fourth-order valence-electron chi connectivity index (χ4n) is 3.11. The third kappa shape index (κ3) is 6.14. The highest BCUT2D eigenvalue weighted by molar-refractivity contribution is 9.10. The average Bonchev–Trinajstić information content (AvgIpc) is 2.67. The van der Waals surface area contributed by atoms with Gasteiger partial charge in [0, 0.05) is 36.5 Å². The van der Waals surface area contributed by atoms with Gasteiger partial charge in [-0.1, -0.05) is 46.3 Å². The Labute approximate surface area is 159 Å². The average molecular weight is 404 g/mol. The lowest BCUT2D eigenvalue weighted by Crippen LogP contribution is -2.37. The van der Waals surface area contributed by atoms with Crippen molar-refractivity contribution in [2.24, 2.45) is 0 Å². The number of piperidine rings is 1. The second kappa shape index (κ2) is 9.95. The highest BCUT2D eigenvalue weighted by atomic mass is 79.9. The number of nitrogens with zero attached hydrogens (tertiary/aromatic N) is 1. The van der Waals surface area contributed by atoms with Crippen LogP contribution >= 0.6 is 15.9 Å². The lowest BCUT2D eigenvalue weighted by atomic mass is 10.1. The summed E-state index contributed by atoms with van der Waals surface area (Å²) in [4.78, 5) is 2.44.